The van der Waals surface area contributed by atoms with Gasteiger partial charge in [-0.05, 0) is 50.1 Å². The van der Waals surface area contributed by atoms with Crippen LogP contribution in [-0.2, 0) is 4.74 Å². The Balaban J connectivity index is 1.64. The van der Waals surface area contributed by atoms with Gasteiger partial charge in [-0.25, -0.2) is 4.79 Å². The van der Waals surface area contributed by atoms with Crippen molar-refractivity contribution in [3.05, 3.63) is 30.0 Å². The van der Waals surface area contributed by atoms with Crippen LogP contribution >= 0.6 is 0 Å². The Morgan fingerprint density at radius 1 is 1.43 bits per heavy atom. The SMILES string of the molecule is COC(=O)c1cc2cc(OCCC3CCCN3)ccc2o1. The van der Waals surface area contributed by atoms with Crippen LogP contribution in [0.2, 0.25) is 0 Å². The number of methoxy groups -OCH3 is 1. The molecule has 21 heavy (non-hydrogen) atoms. The molecule has 1 fully saturated rings. The molecular weight excluding hydrogens is 270 g/mol. The van der Waals surface area contributed by atoms with Gasteiger partial charge in [0, 0.05) is 11.4 Å². The summed E-state index contributed by atoms with van der Waals surface area (Å²) >= 11 is 0. The normalized spacial score (nSPS) is 18.0. The molecule has 1 aromatic heterocycles. The van der Waals surface area contributed by atoms with Gasteiger partial charge in [0.15, 0.2) is 0 Å². The van der Waals surface area contributed by atoms with E-state index in [9.17, 15) is 4.79 Å². The summed E-state index contributed by atoms with van der Waals surface area (Å²) in [5.41, 5.74) is 0.653. The third kappa shape index (κ3) is 3.19. The van der Waals surface area contributed by atoms with Gasteiger partial charge in [0.25, 0.3) is 0 Å². The smallest absolute Gasteiger partial charge is 0.373 e. The fourth-order valence-corrected chi connectivity index (χ4v) is 2.63. The molecule has 0 saturated carbocycles. The number of carbonyl (C=O) groups excluding carboxylic acids is 1. The average Bonchev–Trinajstić information content (AvgIpc) is 3.14. The third-order valence-electron chi connectivity index (χ3n) is 3.77. The van der Waals surface area contributed by atoms with Crippen molar-refractivity contribution in [1.29, 1.82) is 0 Å². The molecule has 0 radical (unpaired) electrons. The van der Waals surface area contributed by atoms with E-state index in [1.54, 1.807) is 6.07 Å². The highest BCUT2D eigenvalue weighted by molar-refractivity contribution is 5.92. The number of ether oxygens (including phenoxy) is 2. The van der Waals surface area contributed by atoms with Crippen LogP contribution in [0.4, 0.5) is 0 Å². The van der Waals surface area contributed by atoms with E-state index < -0.39 is 5.97 Å². The first kappa shape index (κ1) is 13.9. The summed E-state index contributed by atoms with van der Waals surface area (Å²) in [4.78, 5) is 11.4. The summed E-state index contributed by atoms with van der Waals surface area (Å²) in [6.07, 6.45) is 3.49. The minimum absolute atomic E-state index is 0.208. The highest BCUT2D eigenvalue weighted by atomic mass is 16.5. The second kappa shape index (κ2) is 6.18. The Kier molecular flexibility index (Phi) is 4.10. The highest BCUT2D eigenvalue weighted by Crippen LogP contribution is 2.25. The number of furan rings is 1. The molecule has 2 heterocycles. The topological polar surface area (TPSA) is 60.7 Å². The molecule has 1 aromatic carbocycles. The lowest BCUT2D eigenvalue weighted by Crippen LogP contribution is -2.23. The van der Waals surface area contributed by atoms with Crippen LogP contribution in [0, 0.1) is 0 Å². The van der Waals surface area contributed by atoms with Gasteiger partial charge < -0.3 is 19.2 Å². The number of nitrogens with one attached hydrogen (secondary N) is 1. The first-order valence-corrected chi connectivity index (χ1v) is 7.24. The van der Waals surface area contributed by atoms with Gasteiger partial charge in [-0.2, -0.15) is 0 Å². The Bertz CT molecular complexity index is 628. The van der Waals surface area contributed by atoms with Gasteiger partial charge in [0.1, 0.15) is 11.3 Å². The zero-order chi connectivity index (χ0) is 14.7. The van der Waals surface area contributed by atoms with Crippen molar-refractivity contribution in [1.82, 2.24) is 5.32 Å². The molecule has 5 heteroatoms. The fraction of sp³-hybridized carbons (Fsp3) is 0.438. The van der Waals surface area contributed by atoms with Crippen molar-refractivity contribution in [3.8, 4) is 5.75 Å². The predicted molar refractivity (Wildman–Crippen MR) is 78.7 cm³/mol. The monoisotopic (exact) mass is 289 g/mol. The van der Waals surface area contributed by atoms with Crippen molar-refractivity contribution in [2.45, 2.75) is 25.3 Å². The molecule has 1 unspecified atom stereocenters. The molecule has 1 aliphatic heterocycles. The summed E-state index contributed by atoms with van der Waals surface area (Å²) in [6, 6.07) is 7.80. The summed E-state index contributed by atoms with van der Waals surface area (Å²) < 4.78 is 15.8. The second-order valence-corrected chi connectivity index (χ2v) is 5.23. The van der Waals surface area contributed by atoms with Crippen LogP contribution in [0.25, 0.3) is 11.0 Å². The van der Waals surface area contributed by atoms with E-state index in [0.717, 1.165) is 24.1 Å². The molecule has 2 aromatic rings. The Labute approximate surface area is 123 Å². The maximum absolute atomic E-state index is 11.4. The zero-order valence-electron chi connectivity index (χ0n) is 12.1. The molecule has 0 bridgehead atoms. The van der Waals surface area contributed by atoms with Gasteiger partial charge >= 0.3 is 5.97 Å². The van der Waals surface area contributed by atoms with Gasteiger partial charge in [0.05, 0.1) is 13.7 Å². The number of carbonyl (C=O) groups is 1. The first-order valence-electron chi connectivity index (χ1n) is 7.24. The standard InChI is InChI=1S/C16H19NO4/c1-19-16(18)15-10-11-9-13(4-5-14(11)21-15)20-8-6-12-3-2-7-17-12/h4-5,9-10,12,17H,2-3,6-8H2,1H3. The summed E-state index contributed by atoms with van der Waals surface area (Å²) in [5.74, 6) is 0.526. The predicted octanol–water partition coefficient (Wildman–Crippen LogP) is 2.74. The van der Waals surface area contributed by atoms with E-state index >= 15 is 0 Å². The van der Waals surface area contributed by atoms with E-state index in [1.165, 1.54) is 20.0 Å². The number of esters is 1. The Hall–Kier alpha value is -2.01. The van der Waals surface area contributed by atoms with Crippen LogP contribution in [0.15, 0.2) is 28.7 Å². The quantitative estimate of drug-likeness (QED) is 0.858. The summed E-state index contributed by atoms with van der Waals surface area (Å²) in [7, 11) is 1.33. The van der Waals surface area contributed by atoms with E-state index in [1.807, 2.05) is 18.2 Å². The van der Waals surface area contributed by atoms with E-state index in [-0.39, 0.29) is 5.76 Å². The molecule has 112 valence electrons. The minimum atomic E-state index is -0.471. The van der Waals surface area contributed by atoms with Crippen LogP contribution in [0.1, 0.15) is 29.8 Å². The molecule has 1 atom stereocenters. The lowest BCUT2D eigenvalue weighted by Gasteiger charge is -2.11. The van der Waals surface area contributed by atoms with Gasteiger partial charge in [0.2, 0.25) is 5.76 Å². The maximum Gasteiger partial charge on any atom is 0.373 e. The number of fused-ring (bicyclic) bond motifs is 1. The van der Waals surface area contributed by atoms with Crippen molar-refractivity contribution in [2.75, 3.05) is 20.3 Å². The molecular formula is C16H19NO4. The van der Waals surface area contributed by atoms with Crippen LogP contribution in [0.3, 0.4) is 0 Å². The van der Waals surface area contributed by atoms with Crippen molar-refractivity contribution in [3.63, 3.8) is 0 Å². The van der Waals surface area contributed by atoms with Gasteiger partial charge in [-0.1, -0.05) is 0 Å². The first-order chi connectivity index (χ1) is 10.3. The minimum Gasteiger partial charge on any atom is -0.494 e. The number of benzene rings is 1. The van der Waals surface area contributed by atoms with Crippen molar-refractivity contribution in [2.24, 2.45) is 0 Å². The van der Waals surface area contributed by atoms with Crippen LogP contribution in [-0.4, -0.2) is 32.3 Å². The Morgan fingerprint density at radius 3 is 3.10 bits per heavy atom. The second-order valence-electron chi connectivity index (χ2n) is 5.23. The van der Waals surface area contributed by atoms with Crippen molar-refractivity contribution < 1.29 is 18.7 Å². The average molecular weight is 289 g/mol. The lowest BCUT2D eigenvalue weighted by molar-refractivity contribution is 0.0567. The summed E-state index contributed by atoms with van der Waals surface area (Å²) in [5, 5.41) is 4.29. The molecule has 0 spiro atoms. The molecule has 0 aliphatic carbocycles. The molecule has 1 N–H and O–H groups in total. The Morgan fingerprint density at radius 2 is 2.33 bits per heavy atom. The van der Waals surface area contributed by atoms with Gasteiger partial charge in [-0.15, -0.1) is 0 Å². The molecule has 5 nitrogen and oxygen atoms in total. The zero-order valence-corrected chi connectivity index (χ0v) is 12.1. The fourth-order valence-electron chi connectivity index (χ4n) is 2.63. The van der Waals surface area contributed by atoms with E-state index in [4.69, 9.17) is 9.15 Å². The summed E-state index contributed by atoms with van der Waals surface area (Å²) in [6.45, 7) is 1.80. The molecule has 1 saturated heterocycles. The van der Waals surface area contributed by atoms with E-state index in [0.29, 0.717) is 18.2 Å². The highest BCUT2D eigenvalue weighted by Gasteiger charge is 2.14. The number of hydrogen-bond acceptors (Lipinski definition) is 5. The third-order valence-corrected chi connectivity index (χ3v) is 3.77. The van der Waals surface area contributed by atoms with Gasteiger partial charge in [-0.3, -0.25) is 0 Å². The van der Waals surface area contributed by atoms with Crippen molar-refractivity contribution >= 4 is 16.9 Å². The maximum atomic E-state index is 11.4. The van der Waals surface area contributed by atoms with E-state index in [2.05, 4.69) is 10.1 Å². The number of rotatable bonds is 5. The molecule has 1 aliphatic rings. The number of hydrogen-bond donors (Lipinski definition) is 1. The molecule has 3 rings (SSSR count). The largest absolute Gasteiger partial charge is 0.494 e. The lowest BCUT2D eigenvalue weighted by atomic mass is 10.2. The molecule has 0 amide bonds. The van der Waals surface area contributed by atoms with Crippen LogP contribution in [0.5, 0.6) is 5.75 Å². The van der Waals surface area contributed by atoms with Crippen LogP contribution < -0.4 is 10.1 Å².